The number of carbonyl (C=O) groups is 2. The van der Waals surface area contributed by atoms with E-state index in [0.29, 0.717) is 30.6 Å². The van der Waals surface area contributed by atoms with E-state index >= 15 is 0 Å². The minimum absolute atomic E-state index is 0.00957. The molecule has 3 heterocycles. The van der Waals surface area contributed by atoms with Crippen LogP contribution < -0.4 is 9.47 Å². The topological polar surface area (TPSA) is 133 Å². The number of nitrogens with zero attached hydrogens (tertiary/aromatic N) is 3. The zero-order chi connectivity index (χ0) is 33.3. The lowest BCUT2D eigenvalue weighted by atomic mass is 9.85. The minimum atomic E-state index is -5.08. The van der Waals surface area contributed by atoms with E-state index in [9.17, 15) is 23.1 Å². The molecule has 13 heteroatoms. The van der Waals surface area contributed by atoms with Gasteiger partial charge in [0.2, 0.25) is 5.88 Å². The van der Waals surface area contributed by atoms with Crippen molar-refractivity contribution in [2.45, 2.75) is 75.8 Å². The van der Waals surface area contributed by atoms with Crippen LogP contribution in [0.5, 0.6) is 11.6 Å². The van der Waals surface area contributed by atoms with E-state index in [1.54, 1.807) is 11.8 Å². The van der Waals surface area contributed by atoms with Crippen molar-refractivity contribution in [2.75, 3.05) is 26.9 Å². The molecule has 1 aliphatic carbocycles. The Labute approximate surface area is 265 Å². The summed E-state index contributed by atoms with van der Waals surface area (Å²) in [5.74, 6) is -2.09. The van der Waals surface area contributed by atoms with Gasteiger partial charge in [-0.2, -0.15) is 18.3 Å². The first-order valence-corrected chi connectivity index (χ1v) is 15.4. The summed E-state index contributed by atoms with van der Waals surface area (Å²) in [4.78, 5) is 25.6. The molecule has 5 rings (SSSR count). The van der Waals surface area contributed by atoms with Crippen LogP contribution in [-0.4, -0.2) is 70.0 Å². The van der Waals surface area contributed by atoms with E-state index in [0.717, 1.165) is 62.3 Å². The van der Waals surface area contributed by atoms with E-state index in [1.165, 1.54) is 29.7 Å². The van der Waals surface area contributed by atoms with E-state index in [-0.39, 0.29) is 12.3 Å². The Kier molecular flexibility index (Phi) is 12.0. The molecular formula is C33H40F3N3O7. The van der Waals surface area contributed by atoms with Gasteiger partial charge in [0.15, 0.2) is 0 Å². The monoisotopic (exact) mass is 647 g/mol. The van der Waals surface area contributed by atoms with Gasteiger partial charge in [-0.05, 0) is 79.7 Å². The van der Waals surface area contributed by atoms with Crippen LogP contribution in [0.25, 0.3) is 0 Å². The van der Waals surface area contributed by atoms with Crippen molar-refractivity contribution in [3.8, 4) is 11.6 Å². The van der Waals surface area contributed by atoms with E-state index in [2.05, 4.69) is 29.4 Å². The number of carboxylic acids is 2. The highest BCUT2D eigenvalue weighted by molar-refractivity contribution is 5.73. The maximum Gasteiger partial charge on any atom is 0.490 e. The number of ether oxygens (including phenoxy) is 3. The SMILES string of the molecule is COc1ccc(C2CCOCC2)cc1C(CC(=O)O)Cc1cc(OCCc2ccc3c(n2)CCCC3)n(C)n1.O=C(O)C(F)(F)F. The van der Waals surface area contributed by atoms with Crippen LogP contribution in [0.15, 0.2) is 36.4 Å². The summed E-state index contributed by atoms with van der Waals surface area (Å²) in [7, 11) is 3.49. The predicted octanol–water partition coefficient (Wildman–Crippen LogP) is 5.65. The highest BCUT2D eigenvalue weighted by Crippen LogP contribution is 2.37. The molecule has 1 aliphatic heterocycles. The molecule has 0 spiro atoms. The molecule has 1 saturated heterocycles. The first kappa shape index (κ1) is 34.7. The number of halogens is 3. The highest BCUT2D eigenvalue weighted by atomic mass is 19.4. The first-order valence-electron chi connectivity index (χ1n) is 15.4. The fourth-order valence-electron chi connectivity index (χ4n) is 5.88. The lowest BCUT2D eigenvalue weighted by Gasteiger charge is -2.25. The van der Waals surface area contributed by atoms with Crippen LogP contribution in [0, 0.1) is 0 Å². The number of fused-ring (bicyclic) bond motifs is 1. The summed E-state index contributed by atoms with van der Waals surface area (Å²) >= 11 is 0. The van der Waals surface area contributed by atoms with Crippen molar-refractivity contribution < 1.29 is 47.2 Å². The van der Waals surface area contributed by atoms with Gasteiger partial charge in [-0.3, -0.25) is 9.78 Å². The first-order chi connectivity index (χ1) is 21.9. The fraction of sp³-hybridized carbons (Fsp3) is 0.515. The van der Waals surface area contributed by atoms with Crippen molar-refractivity contribution in [1.29, 1.82) is 0 Å². The Bertz CT molecular complexity index is 1490. The summed E-state index contributed by atoms with van der Waals surface area (Å²) in [6.45, 7) is 2.01. The molecule has 0 amide bonds. The number of rotatable bonds is 11. The summed E-state index contributed by atoms with van der Waals surface area (Å²) in [5.41, 5.74) is 6.59. The lowest BCUT2D eigenvalue weighted by molar-refractivity contribution is -0.192. The molecule has 1 aromatic carbocycles. The third-order valence-corrected chi connectivity index (χ3v) is 8.24. The van der Waals surface area contributed by atoms with Crippen LogP contribution >= 0.6 is 0 Å². The van der Waals surface area contributed by atoms with Gasteiger partial charge < -0.3 is 24.4 Å². The van der Waals surface area contributed by atoms with Crippen LogP contribution in [0.3, 0.4) is 0 Å². The zero-order valence-electron chi connectivity index (χ0n) is 26.0. The molecule has 0 saturated carbocycles. The van der Waals surface area contributed by atoms with Gasteiger partial charge in [-0.1, -0.05) is 18.2 Å². The molecule has 2 N–H and O–H groups in total. The lowest BCUT2D eigenvalue weighted by Crippen LogP contribution is -2.21. The van der Waals surface area contributed by atoms with E-state index in [1.807, 2.05) is 19.2 Å². The average molecular weight is 648 g/mol. The standard InChI is InChI=1S/C31H39N3O5.C2HF3O2/c1-34-30(39-16-13-25-9-7-22-5-3-4-6-28(22)32-25)20-26(33-34)17-24(19-31(35)36)27-18-23(8-10-29(27)37-2)21-11-14-38-15-12-21;3-2(4,5)1(6)7/h7-10,18,20-21,24H,3-6,11-17,19H2,1-2H3,(H,35,36);(H,6,7). The van der Waals surface area contributed by atoms with Crippen LogP contribution in [0.4, 0.5) is 13.2 Å². The normalized spacial score (nSPS) is 15.7. The number of hydrogen-bond acceptors (Lipinski definition) is 7. The Morgan fingerprint density at radius 2 is 1.78 bits per heavy atom. The number of aliphatic carboxylic acids is 2. The van der Waals surface area contributed by atoms with Gasteiger partial charge in [0, 0.05) is 50.1 Å². The van der Waals surface area contributed by atoms with Crippen molar-refractivity contribution >= 4 is 11.9 Å². The molecule has 0 bridgehead atoms. The van der Waals surface area contributed by atoms with E-state index < -0.39 is 18.1 Å². The number of aryl methyl sites for hydroxylation is 3. The molecule has 250 valence electrons. The Hall–Kier alpha value is -4.13. The number of hydrogen-bond donors (Lipinski definition) is 2. The summed E-state index contributed by atoms with van der Waals surface area (Å²) in [5, 5.41) is 21.5. The molecule has 2 aromatic heterocycles. The third-order valence-electron chi connectivity index (χ3n) is 8.24. The highest BCUT2D eigenvalue weighted by Gasteiger charge is 2.38. The number of alkyl halides is 3. The Morgan fingerprint density at radius 1 is 1.07 bits per heavy atom. The summed E-state index contributed by atoms with van der Waals surface area (Å²) < 4.78 is 50.8. The van der Waals surface area contributed by atoms with Crippen LogP contribution in [-0.2, 0) is 47.1 Å². The molecule has 1 atom stereocenters. The van der Waals surface area contributed by atoms with Crippen LogP contribution in [0.2, 0.25) is 0 Å². The second-order valence-electron chi connectivity index (χ2n) is 11.5. The van der Waals surface area contributed by atoms with Crippen molar-refractivity contribution in [2.24, 2.45) is 7.05 Å². The predicted molar refractivity (Wildman–Crippen MR) is 161 cm³/mol. The minimum Gasteiger partial charge on any atom is -0.496 e. The second-order valence-corrected chi connectivity index (χ2v) is 11.5. The zero-order valence-corrected chi connectivity index (χ0v) is 26.0. The largest absolute Gasteiger partial charge is 0.496 e. The molecule has 1 fully saturated rings. The van der Waals surface area contributed by atoms with Gasteiger partial charge >= 0.3 is 18.1 Å². The molecule has 10 nitrogen and oxygen atoms in total. The quantitative estimate of drug-likeness (QED) is 0.271. The number of aromatic nitrogens is 3. The number of benzene rings is 1. The van der Waals surface area contributed by atoms with Crippen molar-refractivity contribution in [3.63, 3.8) is 0 Å². The Balaban J connectivity index is 0.000000617. The molecule has 2 aliphatic rings. The van der Waals surface area contributed by atoms with E-state index in [4.69, 9.17) is 29.1 Å². The molecule has 3 aromatic rings. The van der Waals surface area contributed by atoms with Crippen molar-refractivity contribution in [3.05, 3.63) is 70.2 Å². The van der Waals surface area contributed by atoms with Gasteiger partial charge in [0.1, 0.15) is 5.75 Å². The van der Waals surface area contributed by atoms with Gasteiger partial charge in [-0.25, -0.2) is 9.48 Å². The van der Waals surface area contributed by atoms with Gasteiger partial charge in [-0.15, -0.1) is 0 Å². The van der Waals surface area contributed by atoms with Crippen LogP contribution in [0.1, 0.15) is 77.7 Å². The fourth-order valence-corrected chi connectivity index (χ4v) is 5.88. The summed E-state index contributed by atoms with van der Waals surface area (Å²) in [6, 6.07) is 12.4. The van der Waals surface area contributed by atoms with Crippen molar-refractivity contribution in [1.82, 2.24) is 14.8 Å². The van der Waals surface area contributed by atoms with Gasteiger partial charge in [0.25, 0.3) is 0 Å². The Morgan fingerprint density at radius 3 is 2.46 bits per heavy atom. The maximum atomic E-state index is 11.9. The number of carboxylic acid groups (broad SMARTS) is 2. The number of pyridine rings is 1. The smallest absolute Gasteiger partial charge is 0.490 e. The average Bonchev–Trinajstić information content (AvgIpc) is 3.38. The molecule has 46 heavy (non-hydrogen) atoms. The number of methoxy groups -OCH3 is 1. The molecule has 0 radical (unpaired) electrons. The van der Waals surface area contributed by atoms with Gasteiger partial charge in [0.05, 0.1) is 25.8 Å². The molecular weight excluding hydrogens is 607 g/mol. The maximum absolute atomic E-state index is 11.9. The third kappa shape index (κ3) is 9.68. The second kappa shape index (κ2) is 15.9. The molecule has 1 unspecified atom stereocenters. The summed E-state index contributed by atoms with van der Waals surface area (Å²) in [6.07, 6.45) is 2.71.